The van der Waals surface area contributed by atoms with E-state index in [-0.39, 0.29) is 11.5 Å². The summed E-state index contributed by atoms with van der Waals surface area (Å²) in [4.78, 5) is 15.5. The van der Waals surface area contributed by atoms with Crippen molar-refractivity contribution in [3.05, 3.63) is 65.6 Å². The summed E-state index contributed by atoms with van der Waals surface area (Å²) in [6.07, 6.45) is 0. The van der Waals surface area contributed by atoms with Crippen LogP contribution in [0.5, 0.6) is 0 Å². The molecular formula is C17H12FNO2. The molecule has 3 rings (SSSR count). The third-order valence-electron chi connectivity index (χ3n) is 3.48. The Hall–Kier alpha value is -2.75. The quantitative estimate of drug-likeness (QED) is 0.771. The van der Waals surface area contributed by atoms with E-state index >= 15 is 0 Å². The molecule has 0 aliphatic carbocycles. The normalized spacial score (nSPS) is 10.8. The number of aromatic carboxylic acids is 1. The molecular weight excluding hydrogens is 269 g/mol. The molecule has 3 nitrogen and oxygen atoms in total. The van der Waals surface area contributed by atoms with Crippen molar-refractivity contribution in [3.8, 4) is 11.1 Å². The zero-order valence-corrected chi connectivity index (χ0v) is 11.3. The molecule has 0 aliphatic rings. The predicted octanol–water partition coefficient (Wildman–Crippen LogP) is 4.05. The van der Waals surface area contributed by atoms with Crippen LogP contribution < -0.4 is 0 Å². The average Bonchev–Trinajstić information content (AvgIpc) is 2.47. The van der Waals surface area contributed by atoms with Gasteiger partial charge in [-0.2, -0.15) is 0 Å². The molecule has 1 heterocycles. The molecule has 0 saturated carbocycles. The van der Waals surface area contributed by atoms with Crippen LogP contribution in [0.25, 0.3) is 22.0 Å². The van der Waals surface area contributed by atoms with Gasteiger partial charge in [0.15, 0.2) is 5.69 Å². The van der Waals surface area contributed by atoms with Gasteiger partial charge in [0.25, 0.3) is 0 Å². The lowest BCUT2D eigenvalue weighted by Crippen LogP contribution is -2.06. The molecule has 1 aromatic heterocycles. The molecule has 0 fully saturated rings. The first-order chi connectivity index (χ1) is 10.1. The van der Waals surface area contributed by atoms with Crippen LogP contribution in [0.3, 0.4) is 0 Å². The van der Waals surface area contributed by atoms with Crippen LogP contribution in [-0.4, -0.2) is 16.1 Å². The molecule has 0 atom stereocenters. The summed E-state index contributed by atoms with van der Waals surface area (Å²) in [5.41, 5.74) is 1.92. The lowest BCUT2D eigenvalue weighted by molar-refractivity contribution is 0.0690. The fourth-order valence-electron chi connectivity index (χ4n) is 2.53. The SMILES string of the molecule is Cc1c(C(=O)O)nc2ccccc2c1-c1ccccc1F. The Kier molecular flexibility index (Phi) is 3.14. The summed E-state index contributed by atoms with van der Waals surface area (Å²) < 4.78 is 14.1. The molecule has 0 saturated heterocycles. The van der Waals surface area contributed by atoms with Crippen LogP contribution in [0.15, 0.2) is 48.5 Å². The van der Waals surface area contributed by atoms with Gasteiger partial charge < -0.3 is 5.11 Å². The second-order valence-corrected chi connectivity index (χ2v) is 4.76. The first kappa shape index (κ1) is 13.2. The molecule has 0 radical (unpaired) electrons. The zero-order chi connectivity index (χ0) is 15.0. The summed E-state index contributed by atoms with van der Waals surface area (Å²) in [5.74, 6) is -1.50. The Bertz CT molecular complexity index is 859. The van der Waals surface area contributed by atoms with E-state index in [1.54, 1.807) is 37.3 Å². The Morgan fingerprint density at radius 1 is 1.10 bits per heavy atom. The fraction of sp³-hybridized carbons (Fsp3) is 0.0588. The van der Waals surface area contributed by atoms with Crippen LogP contribution in [-0.2, 0) is 0 Å². The van der Waals surface area contributed by atoms with Crippen molar-refractivity contribution in [3.63, 3.8) is 0 Å². The van der Waals surface area contributed by atoms with Crippen molar-refractivity contribution < 1.29 is 14.3 Å². The van der Waals surface area contributed by atoms with E-state index in [9.17, 15) is 14.3 Å². The topological polar surface area (TPSA) is 50.2 Å². The van der Waals surface area contributed by atoms with Crippen molar-refractivity contribution in [1.82, 2.24) is 4.98 Å². The van der Waals surface area contributed by atoms with Gasteiger partial charge in [-0.1, -0.05) is 36.4 Å². The Balaban J connectivity index is 2.48. The van der Waals surface area contributed by atoms with Crippen LogP contribution >= 0.6 is 0 Å². The molecule has 0 unspecified atom stereocenters. The average molecular weight is 281 g/mol. The van der Waals surface area contributed by atoms with Crippen molar-refractivity contribution >= 4 is 16.9 Å². The van der Waals surface area contributed by atoms with Crippen LogP contribution in [0, 0.1) is 12.7 Å². The molecule has 1 N–H and O–H groups in total. The Labute approximate surface area is 120 Å². The van der Waals surface area contributed by atoms with Gasteiger partial charge in [-0.25, -0.2) is 14.2 Å². The number of para-hydroxylation sites is 1. The monoisotopic (exact) mass is 281 g/mol. The van der Waals surface area contributed by atoms with E-state index in [2.05, 4.69) is 4.98 Å². The van der Waals surface area contributed by atoms with Gasteiger partial charge in [0, 0.05) is 10.9 Å². The second kappa shape index (κ2) is 4.98. The van der Waals surface area contributed by atoms with Gasteiger partial charge in [0.05, 0.1) is 5.52 Å². The fourth-order valence-corrected chi connectivity index (χ4v) is 2.53. The van der Waals surface area contributed by atoms with Crippen LogP contribution in [0.2, 0.25) is 0 Å². The third kappa shape index (κ3) is 2.14. The number of hydrogen-bond donors (Lipinski definition) is 1. The maximum atomic E-state index is 14.1. The Morgan fingerprint density at radius 2 is 1.76 bits per heavy atom. The number of pyridine rings is 1. The summed E-state index contributed by atoms with van der Waals surface area (Å²) >= 11 is 0. The summed E-state index contributed by atoms with van der Waals surface area (Å²) in [6.45, 7) is 1.66. The minimum atomic E-state index is -1.11. The van der Waals surface area contributed by atoms with Gasteiger partial charge in [-0.05, 0) is 30.2 Å². The summed E-state index contributed by atoms with van der Waals surface area (Å²) in [6, 6.07) is 13.5. The van der Waals surface area contributed by atoms with Crippen molar-refractivity contribution in [1.29, 1.82) is 0 Å². The number of benzene rings is 2. The third-order valence-corrected chi connectivity index (χ3v) is 3.48. The van der Waals surface area contributed by atoms with Gasteiger partial charge in [-0.15, -0.1) is 0 Å². The number of halogens is 1. The first-order valence-electron chi connectivity index (χ1n) is 6.47. The smallest absolute Gasteiger partial charge is 0.354 e. The number of fused-ring (bicyclic) bond motifs is 1. The van der Waals surface area contributed by atoms with E-state index < -0.39 is 5.97 Å². The first-order valence-corrected chi connectivity index (χ1v) is 6.47. The Morgan fingerprint density at radius 3 is 2.48 bits per heavy atom. The van der Waals surface area contributed by atoms with Crippen molar-refractivity contribution in [2.75, 3.05) is 0 Å². The summed E-state index contributed by atoms with van der Waals surface area (Å²) in [7, 11) is 0. The molecule has 104 valence electrons. The van der Waals surface area contributed by atoms with E-state index in [0.717, 1.165) is 5.39 Å². The highest BCUT2D eigenvalue weighted by molar-refractivity contribution is 6.01. The number of aromatic nitrogens is 1. The largest absolute Gasteiger partial charge is 0.477 e. The highest BCUT2D eigenvalue weighted by Gasteiger charge is 2.19. The standard InChI is InChI=1S/C17H12FNO2/c1-10-15(11-6-2-4-8-13(11)18)12-7-3-5-9-14(12)19-16(10)17(20)21/h2-9H,1H3,(H,20,21). The van der Waals surface area contributed by atoms with Crippen molar-refractivity contribution in [2.24, 2.45) is 0 Å². The molecule has 0 spiro atoms. The second-order valence-electron chi connectivity index (χ2n) is 4.76. The van der Waals surface area contributed by atoms with Crippen LogP contribution in [0.4, 0.5) is 4.39 Å². The number of carbonyl (C=O) groups is 1. The highest BCUT2D eigenvalue weighted by atomic mass is 19.1. The van der Waals surface area contributed by atoms with E-state index in [0.29, 0.717) is 22.2 Å². The molecule has 21 heavy (non-hydrogen) atoms. The number of hydrogen-bond acceptors (Lipinski definition) is 2. The van der Waals surface area contributed by atoms with E-state index in [1.165, 1.54) is 6.07 Å². The molecule has 3 aromatic rings. The molecule has 4 heteroatoms. The van der Waals surface area contributed by atoms with Gasteiger partial charge in [0.1, 0.15) is 5.82 Å². The number of carboxylic acids is 1. The molecule has 0 bridgehead atoms. The van der Waals surface area contributed by atoms with Crippen LogP contribution in [0.1, 0.15) is 16.1 Å². The maximum absolute atomic E-state index is 14.1. The maximum Gasteiger partial charge on any atom is 0.354 e. The lowest BCUT2D eigenvalue weighted by Gasteiger charge is -2.13. The van der Waals surface area contributed by atoms with Crippen molar-refractivity contribution in [2.45, 2.75) is 6.92 Å². The van der Waals surface area contributed by atoms with Gasteiger partial charge in [0.2, 0.25) is 0 Å². The minimum Gasteiger partial charge on any atom is -0.477 e. The van der Waals surface area contributed by atoms with E-state index in [4.69, 9.17) is 0 Å². The molecule has 0 amide bonds. The molecule has 2 aromatic carbocycles. The van der Waals surface area contributed by atoms with Gasteiger partial charge >= 0.3 is 5.97 Å². The highest BCUT2D eigenvalue weighted by Crippen LogP contribution is 2.34. The lowest BCUT2D eigenvalue weighted by atomic mass is 9.94. The number of rotatable bonds is 2. The zero-order valence-electron chi connectivity index (χ0n) is 11.3. The predicted molar refractivity (Wildman–Crippen MR) is 78.8 cm³/mol. The molecule has 0 aliphatic heterocycles. The van der Waals surface area contributed by atoms with E-state index in [1.807, 2.05) is 12.1 Å². The number of nitrogens with zero attached hydrogens (tertiary/aromatic N) is 1. The number of carboxylic acid groups (broad SMARTS) is 1. The van der Waals surface area contributed by atoms with Gasteiger partial charge in [-0.3, -0.25) is 0 Å². The minimum absolute atomic E-state index is 0.0491. The summed E-state index contributed by atoms with van der Waals surface area (Å²) in [5, 5.41) is 10.1.